The molecule has 5 heteroatoms. The van der Waals surface area contributed by atoms with Gasteiger partial charge >= 0.3 is 0 Å². The molecule has 0 aromatic heterocycles. The van der Waals surface area contributed by atoms with Gasteiger partial charge in [-0.15, -0.1) is 0 Å². The standard InChI is InChI=1S/C10H18O4S/c1-15(12,13)8-3-2-5-10(14-9-11)6-4-7-10/h9H,2-8H2,1H3. The lowest BCUT2D eigenvalue weighted by atomic mass is 9.76. The fourth-order valence-corrected chi connectivity index (χ4v) is 2.64. The first kappa shape index (κ1) is 12.5. The molecule has 0 N–H and O–H groups in total. The SMILES string of the molecule is CS(=O)(=O)CCCCC1(OC=O)CCC1. The van der Waals surface area contributed by atoms with Crippen molar-refractivity contribution in [3.8, 4) is 0 Å². The Morgan fingerprint density at radius 1 is 1.33 bits per heavy atom. The first-order valence-electron chi connectivity index (χ1n) is 5.27. The molecule has 4 nitrogen and oxygen atoms in total. The topological polar surface area (TPSA) is 60.4 Å². The second-order valence-electron chi connectivity index (χ2n) is 4.34. The molecule has 1 aliphatic carbocycles. The highest BCUT2D eigenvalue weighted by Crippen LogP contribution is 2.39. The lowest BCUT2D eigenvalue weighted by Crippen LogP contribution is -2.39. The van der Waals surface area contributed by atoms with Gasteiger partial charge in [0.1, 0.15) is 15.4 Å². The number of hydrogen-bond acceptors (Lipinski definition) is 4. The Labute approximate surface area is 90.9 Å². The van der Waals surface area contributed by atoms with Gasteiger partial charge in [-0.3, -0.25) is 4.79 Å². The van der Waals surface area contributed by atoms with Gasteiger partial charge in [0.05, 0.1) is 0 Å². The monoisotopic (exact) mass is 234 g/mol. The maximum Gasteiger partial charge on any atom is 0.293 e. The Kier molecular flexibility index (Phi) is 4.13. The summed E-state index contributed by atoms with van der Waals surface area (Å²) in [5.74, 6) is 0.226. The molecular weight excluding hydrogens is 216 g/mol. The highest BCUT2D eigenvalue weighted by molar-refractivity contribution is 7.90. The molecular formula is C10H18O4S. The van der Waals surface area contributed by atoms with Crippen LogP contribution >= 0.6 is 0 Å². The largest absolute Gasteiger partial charge is 0.461 e. The molecule has 0 atom stereocenters. The Bertz CT molecular complexity index is 303. The van der Waals surface area contributed by atoms with Crippen molar-refractivity contribution < 1.29 is 17.9 Å². The number of carbonyl (C=O) groups is 1. The Morgan fingerprint density at radius 3 is 2.40 bits per heavy atom. The zero-order valence-corrected chi connectivity index (χ0v) is 9.88. The lowest BCUT2D eigenvalue weighted by molar-refractivity contribution is -0.154. The van der Waals surface area contributed by atoms with Crippen LogP contribution in [-0.2, 0) is 19.4 Å². The van der Waals surface area contributed by atoms with E-state index in [1.165, 1.54) is 6.26 Å². The molecule has 15 heavy (non-hydrogen) atoms. The van der Waals surface area contributed by atoms with E-state index in [0.29, 0.717) is 12.9 Å². The number of sulfone groups is 1. The fraction of sp³-hybridized carbons (Fsp3) is 0.900. The molecule has 1 rings (SSSR count). The number of hydrogen-bond donors (Lipinski definition) is 0. The summed E-state index contributed by atoms with van der Waals surface area (Å²) in [7, 11) is -2.85. The minimum absolute atomic E-state index is 0.226. The molecule has 0 amide bonds. The van der Waals surface area contributed by atoms with Gasteiger partial charge in [0.2, 0.25) is 0 Å². The third-order valence-corrected chi connectivity index (χ3v) is 3.99. The van der Waals surface area contributed by atoms with Crippen LogP contribution in [0.1, 0.15) is 38.5 Å². The van der Waals surface area contributed by atoms with Crippen molar-refractivity contribution in [1.82, 2.24) is 0 Å². The van der Waals surface area contributed by atoms with E-state index in [4.69, 9.17) is 4.74 Å². The Morgan fingerprint density at radius 2 is 2.00 bits per heavy atom. The zero-order chi connectivity index (χ0) is 11.4. The van der Waals surface area contributed by atoms with Crippen LogP contribution in [0.2, 0.25) is 0 Å². The highest BCUT2D eigenvalue weighted by atomic mass is 32.2. The summed E-state index contributed by atoms with van der Waals surface area (Å²) in [5.41, 5.74) is -0.265. The minimum Gasteiger partial charge on any atom is -0.461 e. The number of rotatable bonds is 7. The molecule has 0 spiro atoms. The molecule has 0 saturated heterocycles. The van der Waals surface area contributed by atoms with Crippen LogP contribution in [0.15, 0.2) is 0 Å². The van der Waals surface area contributed by atoms with Gasteiger partial charge in [0.25, 0.3) is 6.47 Å². The van der Waals surface area contributed by atoms with E-state index in [0.717, 1.165) is 32.1 Å². The van der Waals surface area contributed by atoms with Crippen molar-refractivity contribution in [2.75, 3.05) is 12.0 Å². The van der Waals surface area contributed by atoms with Gasteiger partial charge in [-0.25, -0.2) is 8.42 Å². The first-order chi connectivity index (χ1) is 6.97. The average molecular weight is 234 g/mol. The zero-order valence-electron chi connectivity index (χ0n) is 9.07. The quantitative estimate of drug-likeness (QED) is 0.492. The third-order valence-electron chi connectivity index (χ3n) is 2.96. The average Bonchev–Trinajstić information content (AvgIpc) is 2.06. The molecule has 0 aliphatic heterocycles. The predicted octanol–water partition coefficient (Wildman–Crippen LogP) is 1.30. The smallest absolute Gasteiger partial charge is 0.293 e. The van der Waals surface area contributed by atoms with Crippen molar-refractivity contribution in [2.24, 2.45) is 0 Å². The Balaban J connectivity index is 2.21. The maximum absolute atomic E-state index is 10.9. The number of ether oxygens (including phenoxy) is 1. The van der Waals surface area contributed by atoms with E-state index in [1.54, 1.807) is 0 Å². The van der Waals surface area contributed by atoms with E-state index in [1.807, 2.05) is 0 Å². The summed E-state index contributed by atoms with van der Waals surface area (Å²) in [5, 5.41) is 0. The summed E-state index contributed by atoms with van der Waals surface area (Å²) in [6, 6.07) is 0. The van der Waals surface area contributed by atoms with Crippen LogP contribution in [-0.4, -0.2) is 32.5 Å². The van der Waals surface area contributed by atoms with E-state index < -0.39 is 9.84 Å². The van der Waals surface area contributed by atoms with Gasteiger partial charge in [-0.05, 0) is 38.5 Å². The number of carbonyl (C=O) groups excluding carboxylic acids is 1. The summed E-state index contributed by atoms with van der Waals surface area (Å²) < 4.78 is 26.8. The molecule has 0 unspecified atom stereocenters. The van der Waals surface area contributed by atoms with Crippen LogP contribution in [0, 0.1) is 0 Å². The summed E-state index contributed by atoms with van der Waals surface area (Å²) in [4.78, 5) is 10.3. The van der Waals surface area contributed by atoms with Crippen molar-refractivity contribution in [3.63, 3.8) is 0 Å². The van der Waals surface area contributed by atoms with Gasteiger partial charge < -0.3 is 4.74 Å². The summed E-state index contributed by atoms with van der Waals surface area (Å²) in [6.07, 6.45) is 6.44. The van der Waals surface area contributed by atoms with Gasteiger partial charge in [-0.2, -0.15) is 0 Å². The van der Waals surface area contributed by atoms with Crippen molar-refractivity contribution >= 4 is 16.3 Å². The first-order valence-corrected chi connectivity index (χ1v) is 7.33. The van der Waals surface area contributed by atoms with E-state index in [-0.39, 0.29) is 11.4 Å². The fourth-order valence-electron chi connectivity index (χ4n) is 1.91. The van der Waals surface area contributed by atoms with Gasteiger partial charge in [0.15, 0.2) is 0 Å². The summed E-state index contributed by atoms with van der Waals surface area (Å²) in [6.45, 7) is 0.510. The highest BCUT2D eigenvalue weighted by Gasteiger charge is 2.38. The maximum atomic E-state index is 10.9. The lowest BCUT2D eigenvalue weighted by Gasteiger charge is -2.39. The van der Waals surface area contributed by atoms with Gasteiger partial charge in [-0.1, -0.05) is 0 Å². The number of unbranched alkanes of at least 4 members (excludes halogenated alkanes) is 1. The van der Waals surface area contributed by atoms with Crippen LogP contribution in [0.3, 0.4) is 0 Å². The van der Waals surface area contributed by atoms with Crippen LogP contribution in [0.4, 0.5) is 0 Å². The van der Waals surface area contributed by atoms with Crippen LogP contribution < -0.4 is 0 Å². The van der Waals surface area contributed by atoms with E-state index in [2.05, 4.69) is 0 Å². The molecule has 88 valence electrons. The summed E-state index contributed by atoms with van der Waals surface area (Å²) >= 11 is 0. The van der Waals surface area contributed by atoms with E-state index in [9.17, 15) is 13.2 Å². The minimum atomic E-state index is -2.85. The molecule has 0 aromatic rings. The second kappa shape index (κ2) is 4.96. The molecule has 1 fully saturated rings. The molecule has 0 radical (unpaired) electrons. The molecule has 0 heterocycles. The molecule has 0 aromatic carbocycles. The van der Waals surface area contributed by atoms with Crippen molar-refractivity contribution in [2.45, 2.75) is 44.1 Å². The van der Waals surface area contributed by atoms with Crippen LogP contribution in [0.25, 0.3) is 0 Å². The molecule has 1 aliphatic rings. The third kappa shape index (κ3) is 4.20. The van der Waals surface area contributed by atoms with Crippen molar-refractivity contribution in [1.29, 1.82) is 0 Å². The second-order valence-corrected chi connectivity index (χ2v) is 6.60. The molecule has 1 saturated carbocycles. The van der Waals surface area contributed by atoms with E-state index >= 15 is 0 Å². The molecule has 0 bridgehead atoms. The van der Waals surface area contributed by atoms with Gasteiger partial charge in [0, 0.05) is 12.0 Å². The normalized spacial score (nSPS) is 19.3. The van der Waals surface area contributed by atoms with Crippen LogP contribution in [0.5, 0.6) is 0 Å². The Hall–Kier alpha value is -0.580. The van der Waals surface area contributed by atoms with Crippen molar-refractivity contribution in [3.05, 3.63) is 0 Å². The predicted molar refractivity (Wildman–Crippen MR) is 57.3 cm³/mol.